The zero-order valence-corrected chi connectivity index (χ0v) is 18.6. The van der Waals surface area contributed by atoms with E-state index in [0.29, 0.717) is 24.6 Å². The van der Waals surface area contributed by atoms with E-state index in [4.69, 9.17) is 9.47 Å². The van der Waals surface area contributed by atoms with Gasteiger partial charge in [-0.3, -0.25) is 9.59 Å². The van der Waals surface area contributed by atoms with Crippen LogP contribution in [-0.2, 0) is 16.1 Å². The topological polar surface area (TPSA) is 67.9 Å². The molecular weight excluding hydrogens is 436 g/mol. The van der Waals surface area contributed by atoms with E-state index in [1.54, 1.807) is 26.2 Å². The summed E-state index contributed by atoms with van der Waals surface area (Å²) >= 11 is 3.45. The van der Waals surface area contributed by atoms with Gasteiger partial charge in [0.2, 0.25) is 5.91 Å². The Labute approximate surface area is 180 Å². The summed E-state index contributed by atoms with van der Waals surface area (Å²) in [7, 11) is 1.55. The number of nitrogens with zero attached hydrogens (tertiary/aromatic N) is 1. The maximum atomic E-state index is 13.0. The zero-order chi connectivity index (χ0) is 21.2. The molecule has 1 unspecified atom stereocenters. The first-order valence-corrected chi connectivity index (χ1v) is 10.3. The minimum Gasteiger partial charge on any atom is -0.493 e. The molecule has 2 rings (SSSR count). The summed E-state index contributed by atoms with van der Waals surface area (Å²) in [5, 5.41) is 2.85. The maximum absolute atomic E-state index is 13.0. The van der Waals surface area contributed by atoms with Gasteiger partial charge < -0.3 is 19.7 Å². The molecule has 0 heterocycles. The molecule has 156 valence electrons. The zero-order valence-electron chi connectivity index (χ0n) is 17.0. The van der Waals surface area contributed by atoms with Crippen LogP contribution >= 0.6 is 15.9 Å². The van der Waals surface area contributed by atoms with Gasteiger partial charge in [-0.05, 0) is 43.2 Å². The number of hydrogen-bond donors (Lipinski definition) is 1. The van der Waals surface area contributed by atoms with E-state index in [9.17, 15) is 9.59 Å². The Bertz CT molecular complexity index is 828. The summed E-state index contributed by atoms with van der Waals surface area (Å²) in [4.78, 5) is 27.0. The second-order valence-corrected chi connectivity index (χ2v) is 7.47. The molecule has 0 aliphatic heterocycles. The molecule has 2 aromatic carbocycles. The van der Waals surface area contributed by atoms with Crippen molar-refractivity contribution in [3.63, 3.8) is 0 Å². The first kappa shape index (κ1) is 22.7. The minimum absolute atomic E-state index is 0.188. The second kappa shape index (κ2) is 11.5. The van der Waals surface area contributed by atoms with Crippen LogP contribution in [-0.4, -0.2) is 43.0 Å². The number of benzene rings is 2. The fraction of sp³-hybridized carbons (Fsp3) is 0.364. The Morgan fingerprint density at radius 3 is 2.52 bits per heavy atom. The lowest BCUT2D eigenvalue weighted by atomic mass is 10.1. The van der Waals surface area contributed by atoms with Crippen LogP contribution in [0.2, 0.25) is 0 Å². The van der Waals surface area contributed by atoms with Crippen molar-refractivity contribution >= 4 is 27.7 Å². The monoisotopic (exact) mass is 462 g/mol. The fourth-order valence-electron chi connectivity index (χ4n) is 2.77. The standard InChI is InChI=1S/C22H27BrN2O4/c1-4-12-24-22(27)16(2)25(14-17-8-7-9-18(23)13-17)21(26)15-29-20-11-6-5-10-19(20)28-3/h5-11,13,16H,4,12,14-15H2,1-3H3,(H,24,27). The van der Waals surface area contributed by atoms with Crippen molar-refractivity contribution in [2.24, 2.45) is 0 Å². The van der Waals surface area contributed by atoms with E-state index >= 15 is 0 Å². The third-order valence-corrected chi connectivity index (χ3v) is 4.87. The number of methoxy groups -OCH3 is 1. The van der Waals surface area contributed by atoms with E-state index in [1.165, 1.54) is 4.90 Å². The number of rotatable bonds is 10. The second-order valence-electron chi connectivity index (χ2n) is 6.56. The Morgan fingerprint density at radius 1 is 1.14 bits per heavy atom. The number of hydrogen-bond acceptors (Lipinski definition) is 4. The third-order valence-electron chi connectivity index (χ3n) is 4.38. The summed E-state index contributed by atoms with van der Waals surface area (Å²) in [6, 6.07) is 14.2. The molecule has 6 nitrogen and oxygen atoms in total. The first-order chi connectivity index (χ1) is 14.0. The number of para-hydroxylation sites is 2. The highest BCUT2D eigenvalue weighted by atomic mass is 79.9. The molecule has 0 spiro atoms. The van der Waals surface area contributed by atoms with Crippen molar-refractivity contribution in [3.05, 3.63) is 58.6 Å². The maximum Gasteiger partial charge on any atom is 0.261 e. The van der Waals surface area contributed by atoms with Crippen molar-refractivity contribution in [3.8, 4) is 11.5 Å². The predicted octanol–water partition coefficient (Wildman–Crippen LogP) is 3.78. The molecule has 0 aliphatic rings. The van der Waals surface area contributed by atoms with Crippen LogP contribution in [0.5, 0.6) is 11.5 Å². The van der Waals surface area contributed by atoms with Crippen LogP contribution in [0, 0.1) is 0 Å². The van der Waals surface area contributed by atoms with Gasteiger partial charge in [-0.15, -0.1) is 0 Å². The largest absolute Gasteiger partial charge is 0.493 e. The Kier molecular flexibility index (Phi) is 8.99. The minimum atomic E-state index is -0.630. The summed E-state index contributed by atoms with van der Waals surface area (Å²) in [6.07, 6.45) is 0.828. The fourth-order valence-corrected chi connectivity index (χ4v) is 3.22. The van der Waals surface area contributed by atoms with Crippen molar-refractivity contribution in [1.82, 2.24) is 10.2 Å². The van der Waals surface area contributed by atoms with Crippen LogP contribution < -0.4 is 14.8 Å². The lowest BCUT2D eigenvalue weighted by Gasteiger charge is -2.29. The highest BCUT2D eigenvalue weighted by Crippen LogP contribution is 2.26. The molecular formula is C22H27BrN2O4. The van der Waals surface area contributed by atoms with Crippen molar-refractivity contribution < 1.29 is 19.1 Å². The van der Waals surface area contributed by atoms with Gasteiger partial charge in [0.05, 0.1) is 7.11 Å². The molecule has 0 saturated carbocycles. The Morgan fingerprint density at radius 2 is 1.86 bits per heavy atom. The number of halogens is 1. The average molecular weight is 463 g/mol. The van der Waals surface area contributed by atoms with Gasteiger partial charge in [-0.25, -0.2) is 0 Å². The molecule has 7 heteroatoms. The summed E-state index contributed by atoms with van der Waals surface area (Å²) < 4.78 is 11.9. The van der Waals surface area contributed by atoms with E-state index in [-0.39, 0.29) is 18.4 Å². The molecule has 29 heavy (non-hydrogen) atoms. The smallest absolute Gasteiger partial charge is 0.261 e. The molecule has 0 aromatic heterocycles. The normalized spacial score (nSPS) is 11.4. The van der Waals surface area contributed by atoms with Gasteiger partial charge in [0.15, 0.2) is 18.1 Å². The number of nitrogens with one attached hydrogen (secondary N) is 1. The number of ether oxygens (including phenoxy) is 2. The molecule has 1 atom stereocenters. The number of carbonyl (C=O) groups excluding carboxylic acids is 2. The van der Waals surface area contributed by atoms with Gasteiger partial charge in [0.25, 0.3) is 5.91 Å². The van der Waals surface area contributed by atoms with Gasteiger partial charge in [-0.1, -0.05) is 47.1 Å². The van der Waals surface area contributed by atoms with Crippen molar-refractivity contribution in [2.75, 3.05) is 20.3 Å². The molecule has 0 bridgehead atoms. The summed E-state index contributed by atoms with van der Waals surface area (Å²) in [5.41, 5.74) is 0.917. The van der Waals surface area contributed by atoms with E-state index in [2.05, 4.69) is 21.2 Å². The molecule has 2 amide bonds. The number of carbonyl (C=O) groups is 2. The Hall–Kier alpha value is -2.54. The SMILES string of the molecule is CCCNC(=O)C(C)N(Cc1cccc(Br)c1)C(=O)COc1ccccc1OC. The van der Waals surface area contributed by atoms with E-state index in [0.717, 1.165) is 16.5 Å². The van der Waals surface area contributed by atoms with E-state index in [1.807, 2.05) is 43.3 Å². The molecule has 0 aliphatic carbocycles. The summed E-state index contributed by atoms with van der Waals surface area (Å²) in [5.74, 6) is 0.559. The van der Waals surface area contributed by atoms with Crippen LogP contribution in [0.25, 0.3) is 0 Å². The van der Waals surface area contributed by atoms with Gasteiger partial charge in [-0.2, -0.15) is 0 Å². The molecule has 1 N–H and O–H groups in total. The summed E-state index contributed by atoms with van der Waals surface area (Å²) in [6.45, 7) is 4.38. The molecule has 0 fully saturated rings. The number of amides is 2. The van der Waals surface area contributed by atoms with Gasteiger partial charge in [0, 0.05) is 17.6 Å². The molecule has 0 radical (unpaired) electrons. The first-order valence-electron chi connectivity index (χ1n) is 9.53. The lowest BCUT2D eigenvalue weighted by Crippen LogP contribution is -2.49. The van der Waals surface area contributed by atoms with Crippen molar-refractivity contribution in [2.45, 2.75) is 32.9 Å². The molecule has 2 aromatic rings. The predicted molar refractivity (Wildman–Crippen MR) is 116 cm³/mol. The Balaban J connectivity index is 2.16. The van der Waals surface area contributed by atoms with Crippen LogP contribution in [0.15, 0.2) is 53.0 Å². The van der Waals surface area contributed by atoms with Crippen LogP contribution in [0.1, 0.15) is 25.8 Å². The molecule has 0 saturated heterocycles. The van der Waals surface area contributed by atoms with Gasteiger partial charge in [0.1, 0.15) is 6.04 Å². The lowest BCUT2D eigenvalue weighted by molar-refractivity contribution is -0.142. The average Bonchev–Trinajstić information content (AvgIpc) is 2.73. The quantitative estimate of drug-likeness (QED) is 0.583. The third kappa shape index (κ3) is 6.78. The van der Waals surface area contributed by atoms with Gasteiger partial charge >= 0.3 is 0 Å². The van der Waals surface area contributed by atoms with Crippen LogP contribution in [0.4, 0.5) is 0 Å². The highest BCUT2D eigenvalue weighted by Gasteiger charge is 2.26. The highest BCUT2D eigenvalue weighted by molar-refractivity contribution is 9.10. The van der Waals surface area contributed by atoms with E-state index < -0.39 is 6.04 Å². The van der Waals surface area contributed by atoms with Crippen LogP contribution in [0.3, 0.4) is 0 Å². The van der Waals surface area contributed by atoms with Crippen molar-refractivity contribution in [1.29, 1.82) is 0 Å².